The lowest BCUT2D eigenvalue weighted by Crippen LogP contribution is -2.32. The van der Waals surface area contributed by atoms with Gasteiger partial charge in [-0.05, 0) is 52.7 Å². The van der Waals surface area contributed by atoms with Crippen LogP contribution in [0.4, 0.5) is 18.9 Å². The molecule has 2 N–H and O–H groups in total. The van der Waals surface area contributed by atoms with E-state index in [-0.39, 0.29) is 23.8 Å². The van der Waals surface area contributed by atoms with Gasteiger partial charge in [-0.3, -0.25) is 9.59 Å². The van der Waals surface area contributed by atoms with Crippen molar-refractivity contribution in [2.45, 2.75) is 19.5 Å². The van der Waals surface area contributed by atoms with Crippen LogP contribution in [0.5, 0.6) is 5.75 Å². The SMILES string of the molecule is CCCOc1ccc(C(F)(F)F)cc1NC(=O)CNC(=O)c1ccc(Br)o1. The fraction of sp³-hybridized carbons (Fsp3) is 0.294. The number of amides is 2. The Morgan fingerprint density at radius 2 is 1.96 bits per heavy atom. The highest BCUT2D eigenvalue weighted by Crippen LogP contribution is 2.35. The number of nitrogens with one attached hydrogen (secondary N) is 2. The molecular formula is C17H16BrF3N2O4. The first-order chi connectivity index (χ1) is 12.7. The third-order valence-electron chi connectivity index (χ3n) is 3.25. The Morgan fingerprint density at radius 1 is 1.22 bits per heavy atom. The molecule has 1 aromatic heterocycles. The van der Waals surface area contributed by atoms with Crippen molar-refractivity contribution in [1.82, 2.24) is 5.32 Å². The highest BCUT2D eigenvalue weighted by atomic mass is 79.9. The average molecular weight is 449 g/mol. The zero-order valence-corrected chi connectivity index (χ0v) is 15.7. The third kappa shape index (κ3) is 6.02. The van der Waals surface area contributed by atoms with Crippen LogP contribution in [0.25, 0.3) is 0 Å². The molecule has 0 spiro atoms. The number of benzene rings is 1. The lowest BCUT2D eigenvalue weighted by molar-refractivity contribution is -0.137. The van der Waals surface area contributed by atoms with Crippen LogP contribution in [-0.4, -0.2) is 25.0 Å². The van der Waals surface area contributed by atoms with Gasteiger partial charge in [-0.25, -0.2) is 0 Å². The molecule has 1 heterocycles. The summed E-state index contributed by atoms with van der Waals surface area (Å²) in [6.45, 7) is 1.66. The van der Waals surface area contributed by atoms with E-state index < -0.39 is 30.1 Å². The Balaban J connectivity index is 2.06. The van der Waals surface area contributed by atoms with Crippen LogP contribution in [0.3, 0.4) is 0 Å². The van der Waals surface area contributed by atoms with Gasteiger partial charge < -0.3 is 19.8 Å². The van der Waals surface area contributed by atoms with Gasteiger partial charge in [0.25, 0.3) is 5.91 Å². The number of anilines is 1. The molecule has 0 fully saturated rings. The molecule has 6 nitrogen and oxygen atoms in total. The largest absolute Gasteiger partial charge is 0.491 e. The monoisotopic (exact) mass is 448 g/mol. The van der Waals surface area contributed by atoms with Gasteiger partial charge in [0.2, 0.25) is 5.91 Å². The fourth-order valence-corrected chi connectivity index (χ4v) is 2.33. The number of furan rings is 1. The summed E-state index contributed by atoms with van der Waals surface area (Å²) in [6.07, 6.45) is -3.92. The van der Waals surface area contributed by atoms with Crippen molar-refractivity contribution in [3.8, 4) is 5.75 Å². The Morgan fingerprint density at radius 3 is 2.56 bits per heavy atom. The zero-order valence-electron chi connectivity index (χ0n) is 14.2. The van der Waals surface area contributed by atoms with Crippen LogP contribution in [0.2, 0.25) is 0 Å². The number of halogens is 4. The number of carbonyl (C=O) groups is 2. The van der Waals surface area contributed by atoms with E-state index in [1.165, 1.54) is 12.1 Å². The van der Waals surface area contributed by atoms with Gasteiger partial charge in [0.05, 0.1) is 24.4 Å². The molecule has 27 heavy (non-hydrogen) atoms. The molecule has 146 valence electrons. The first-order valence-corrected chi connectivity index (χ1v) is 8.67. The first kappa shape index (κ1) is 20.8. The average Bonchev–Trinajstić information content (AvgIpc) is 3.04. The standard InChI is InChI=1S/C17H16BrF3N2O4/c1-2-7-26-12-4-3-10(17(19,20)21)8-11(12)23-15(24)9-22-16(25)13-5-6-14(18)27-13/h3-6,8H,2,7,9H2,1H3,(H,22,25)(H,23,24). The summed E-state index contributed by atoms with van der Waals surface area (Å²) in [7, 11) is 0. The molecule has 0 saturated heterocycles. The third-order valence-corrected chi connectivity index (χ3v) is 3.68. The molecule has 1 aromatic carbocycles. The van der Waals surface area contributed by atoms with Crippen LogP contribution in [0, 0.1) is 0 Å². The predicted octanol–water partition coefficient (Wildman–Crippen LogP) is 4.22. The quantitative estimate of drug-likeness (QED) is 0.664. The van der Waals surface area contributed by atoms with Gasteiger partial charge >= 0.3 is 6.18 Å². The smallest absolute Gasteiger partial charge is 0.416 e. The Bertz CT molecular complexity index is 821. The molecule has 0 unspecified atom stereocenters. The summed E-state index contributed by atoms with van der Waals surface area (Å²) in [4.78, 5) is 23.9. The van der Waals surface area contributed by atoms with Crippen molar-refractivity contribution in [1.29, 1.82) is 0 Å². The molecule has 2 amide bonds. The Hall–Kier alpha value is -2.49. The van der Waals surface area contributed by atoms with Crippen molar-refractivity contribution in [2.24, 2.45) is 0 Å². The summed E-state index contributed by atoms with van der Waals surface area (Å²) >= 11 is 3.04. The van der Waals surface area contributed by atoms with E-state index in [0.29, 0.717) is 11.1 Å². The van der Waals surface area contributed by atoms with E-state index >= 15 is 0 Å². The molecular weight excluding hydrogens is 433 g/mol. The molecule has 0 atom stereocenters. The molecule has 0 aliphatic rings. The maximum atomic E-state index is 12.9. The van der Waals surface area contributed by atoms with Crippen molar-refractivity contribution < 1.29 is 31.9 Å². The van der Waals surface area contributed by atoms with E-state index in [1.807, 2.05) is 6.92 Å². The zero-order chi connectivity index (χ0) is 20.0. The lowest BCUT2D eigenvalue weighted by atomic mass is 10.1. The molecule has 0 bridgehead atoms. The minimum absolute atomic E-state index is 0.0132. The maximum Gasteiger partial charge on any atom is 0.416 e. The normalized spacial score (nSPS) is 11.1. The van der Waals surface area contributed by atoms with E-state index in [4.69, 9.17) is 9.15 Å². The van der Waals surface area contributed by atoms with Crippen molar-refractivity contribution in [3.05, 3.63) is 46.3 Å². The van der Waals surface area contributed by atoms with Gasteiger partial charge in [-0.1, -0.05) is 6.92 Å². The second-order valence-electron chi connectivity index (χ2n) is 5.39. The van der Waals surface area contributed by atoms with Crippen LogP contribution >= 0.6 is 15.9 Å². The molecule has 0 aliphatic heterocycles. The number of carbonyl (C=O) groups excluding carboxylic acids is 2. The lowest BCUT2D eigenvalue weighted by Gasteiger charge is -2.15. The highest BCUT2D eigenvalue weighted by molar-refractivity contribution is 9.10. The van der Waals surface area contributed by atoms with Crippen LogP contribution in [0.1, 0.15) is 29.5 Å². The summed E-state index contributed by atoms with van der Waals surface area (Å²) < 4.78 is 49.5. The summed E-state index contributed by atoms with van der Waals surface area (Å²) in [5, 5.41) is 4.64. The van der Waals surface area contributed by atoms with Gasteiger partial charge in [0, 0.05) is 0 Å². The van der Waals surface area contributed by atoms with E-state index in [9.17, 15) is 22.8 Å². The second kappa shape index (κ2) is 8.94. The minimum Gasteiger partial charge on any atom is -0.491 e. The van der Waals surface area contributed by atoms with Crippen LogP contribution in [-0.2, 0) is 11.0 Å². The molecule has 0 aliphatic carbocycles. The maximum absolute atomic E-state index is 12.9. The minimum atomic E-state index is -4.57. The molecule has 0 radical (unpaired) electrons. The van der Waals surface area contributed by atoms with E-state index in [1.54, 1.807) is 0 Å². The van der Waals surface area contributed by atoms with Gasteiger partial charge in [0.15, 0.2) is 10.4 Å². The van der Waals surface area contributed by atoms with Crippen molar-refractivity contribution >= 4 is 33.4 Å². The first-order valence-electron chi connectivity index (χ1n) is 7.88. The number of hydrogen-bond acceptors (Lipinski definition) is 4. The topological polar surface area (TPSA) is 80.6 Å². The molecule has 2 rings (SSSR count). The molecule has 2 aromatic rings. The van der Waals surface area contributed by atoms with E-state index in [0.717, 1.165) is 18.2 Å². The summed E-state index contributed by atoms with van der Waals surface area (Å²) in [5.41, 5.74) is -1.05. The second-order valence-corrected chi connectivity index (χ2v) is 6.17. The number of alkyl halides is 3. The summed E-state index contributed by atoms with van der Waals surface area (Å²) in [5.74, 6) is -1.25. The fourth-order valence-electron chi connectivity index (χ4n) is 2.02. The Labute approximate surface area is 161 Å². The number of hydrogen-bond donors (Lipinski definition) is 2. The summed E-state index contributed by atoms with van der Waals surface area (Å²) in [6, 6.07) is 5.72. The Kier molecular flexibility index (Phi) is 6.89. The predicted molar refractivity (Wildman–Crippen MR) is 94.6 cm³/mol. The molecule has 0 saturated carbocycles. The van der Waals surface area contributed by atoms with Crippen LogP contribution in [0.15, 0.2) is 39.4 Å². The highest BCUT2D eigenvalue weighted by Gasteiger charge is 2.31. The van der Waals surface area contributed by atoms with Crippen molar-refractivity contribution in [2.75, 3.05) is 18.5 Å². The number of ether oxygens (including phenoxy) is 1. The van der Waals surface area contributed by atoms with E-state index in [2.05, 4.69) is 26.6 Å². The van der Waals surface area contributed by atoms with Crippen molar-refractivity contribution in [3.63, 3.8) is 0 Å². The molecule has 10 heteroatoms. The van der Waals surface area contributed by atoms with Crippen LogP contribution < -0.4 is 15.4 Å². The van der Waals surface area contributed by atoms with Gasteiger partial charge in [0.1, 0.15) is 5.75 Å². The van der Waals surface area contributed by atoms with Gasteiger partial charge in [-0.15, -0.1) is 0 Å². The number of rotatable bonds is 7. The van der Waals surface area contributed by atoms with Gasteiger partial charge in [-0.2, -0.15) is 13.2 Å².